The number of amides is 1. The normalized spacial score (nSPS) is 13.4. The van der Waals surface area contributed by atoms with Crippen LogP contribution < -0.4 is 14.8 Å². The first kappa shape index (κ1) is 29.1. The number of carbonyl (C=O) groups excluding carboxylic acids is 3. The summed E-state index contributed by atoms with van der Waals surface area (Å²) in [5, 5.41) is 3.28. The van der Waals surface area contributed by atoms with E-state index in [1.165, 1.54) is 32.5 Å². The molecular formula is C24H29Cl2N3O7. The number of pyridine rings is 2. The molecule has 0 aromatic carbocycles. The lowest BCUT2D eigenvalue weighted by molar-refractivity contribution is -0.154. The molecule has 36 heavy (non-hydrogen) atoms. The molecule has 1 amide bonds. The lowest BCUT2D eigenvalue weighted by Gasteiger charge is -2.23. The van der Waals surface area contributed by atoms with Crippen LogP contribution in [0.25, 0.3) is 0 Å². The number of nitrogens with one attached hydrogen (secondary N) is 1. The van der Waals surface area contributed by atoms with Gasteiger partial charge in [0, 0.05) is 24.4 Å². The van der Waals surface area contributed by atoms with Gasteiger partial charge in [-0.15, -0.1) is 0 Å². The fourth-order valence-electron chi connectivity index (χ4n) is 2.90. The Hall–Kier alpha value is -3.11. The Morgan fingerprint density at radius 2 is 1.75 bits per heavy atom. The van der Waals surface area contributed by atoms with Crippen LogP contribution in [0.5, 0.6) is 11.5 Å². The Morgan fingerprint density at radius 1 is 1.06 bits per heavy atom. The average molecular weight is 542 g/mol. The molecule has 0 saturated heterocycles. The monoisotopic (exact) mass is 541 g/mol. The molecule has 2 heterocycles. The van der Waals surface area contributed by atoms with Gasteiger partial charge < -0.3 is 24.3 Å². The fraction of sp³-hybridized carbons (Fsp3) is 0.458. The fourth-order valence-corrected chi connectivity index (χ4v) is 3.45. The van der Waals surface area contributed by atoms with Crippen molar-refractivity contribution in [2.75, 3.05) is 13.9 Å². The molecule has 2 aromatic heterocycles. The number of methoxy groups -OCH3 is 1. The SMILES string of the molecule is COc1ccnc(C(=O)NC(C)C(=O)O[C@@H](C)C(C)c2ncc(Cl)cc2Cl)c1OCOC(=O)C(C)C. The van der Waals surface area contributed by atoms with Gasteiger partial charge in [0.25, 0.3) is 5.91 Å². The van der Waals surface area contributed by atoms with Crippen molar-refractivity contribution in [2.24, 2.45) is 5.92 Å². The van der Waals surface area contributed by atoms with Crippen molar-refractivity contribution >= 4 is 41.0 Å². The van der Waals surface area contributed by atoms with E-state index in [2.05, 4.69) is 15.3 Å². The van der Waals surface area contributed by atoms with E-state index in [4.69, 9.17) is 42.1 Å². The third kappa shape index (κ3) is 7.69. The minimum absolute atomic E-state index is 0.0416. The van der Waals surface area contributed by atoms with Gasteiger partial charge in [-0.05, 0) is 19.9 Å². The summed E-state index contributed by atoms with van der Waals surface area (Å²) >= 11 is 12.1. The molecule has 10 nitrogen and oxygen atoms in total. The Morgan fingerprint density at radius 3 is 2.36 bits per heavy atom. The highest BCUT2D eigenvalue weighted by atomic mass is 35.5. The van der Waals surface area contributed by atoms with Gasteiger partial charge in [-0.2, -0.15) is 0 Å². The number of esters is 2. The Balaban J connectivity index is 2.06. The van der Waals surface area contributed by atoms with Crippen molar-refractivity contribution in [2.45, 2.75) is 52.7 Å². The molecule has 0 aliphatic heterocycles. The van der Waals surface area contributed by atoms with Gasteiger partial charge >= 0.3 is 11.9 Å². The molecule has 0 aliphatic carbocycles. The highest BCUT2D eigenvalue weighted by Gasteiger charge is 2.27. The predicted octanol–water partition coefficient (Wildman–Crippen LogP) is 4.18. The zero-order valence-corrected chi connectivity index (χ0v) is 22.3. The third-order valence-corrected chi connectivity index (χ3v) is 5.66. The van der Waals surface area contributed by atoms with Crippen molar-refractivity contribution in [3.63, 3.8) is 0 Å². The number of nitrogens with zero attached hydrogens (tertiary/aromatic N) is 2. The molecule has 3 atom stereocenters. The molecule has 2 aromatic rings. The van der Waals surface area contributed by atoms with Crippen LogP contribution in [0.2, 0.25) is 10.0 Å². The molecule has 12 heteroatoms. The second kappa shape index (κ2) is 13.3. The van der Waals surface area contributed by atoms with E-state index in [1.54, 1.807) is 33.8 Å². The van der Waals surface area contributed by atoms with Crippen molar-refractivity contribution in [1.82, 2.24) is 15.3 Å². The number of rotatable bonds is 11. The van der Waals surface area contributed by atoms with Crippen LogP contribution >= 0.6 is 23.2 Å². The molecule has 0 bridgehead atoms. The summed E-state index contributed by atoms with van der Waals surface area (Å²) in [5.41, 5.74) is 0.367. The number of hydrogen-bond donors (Lipinski definition) is 1. The van der Waals surface area contributed by atoms with Crippen LogP contribution in [0.15, 0.2) is 24.5 Å². The molecule has 0 aliphatic rings. The van der Waals surface area contributed by atoms with Gasteiger partial charge in [0.05, 0.1) is 28.8 Å². The van der Waals surface area contributed by atoms with E-state index < -0.39 is 36.8 Å². The average Bonchev–Trinajstić information content (AvgIpc) is 2.83. The van der Waals surface area contributed by atoms with Crippen LogP contribution in [0, 0.1) is 5.92 Å². The third-order valence-electron chi connectivity index (χ3n) is 5.15. The predicted molar refractivity (Wildman–Crippen MR) is 132 cm³/mol. The van der Waals surface area contributed by atoms with E-state index >= 15 is 0 Å². The minimum atomic E-state index is -1.03. The van der Waals surface area contributed by atoms with Gasteiger partial charge in [0.15, 0.2) is 17.2 Å². The van der Waals surface area contributed by atoms with Crippen LogP contribution in [0.4, 0.5) is 0 Å². The topological polar surface area (TPSA) is 126 Å². The second-order valence-electron chi connectivity index (χ2n) is 8.22. The second-order valence-corrected chi connectivity index (χ2v) is 9.06. The van der Waals surface area contributed by atoms with Crippen molar-refractivity contribution in [3.8, 4) is 11.5 Å². The highest BCUT2D eigenvalue weighted by molar-refractivity contribution is 6.34. The number of carbonyl (C=O) groups is 3. The van der Waals surface area contributed by atoms with E-state index in [1.807, 2.05) is 0 Å². The summed E-state index contributed by atoms with van der Waals surface area (Å²) in [5.74, 6) is -2.40. The Kier molecular flexibility index (Phi) is 10.7. The van der Waals surface area contributed by atoms with Crippen LogP contribution in [0.1, 0.15) is 56.7 Å². The first-order valence-electron chi connectivity index (χ1n) is 11.1. The van der Waals surface area contributed by atoms with Crippen molar-refractivity contribution < 1.29 is 33.3 Å². The standard InChI is InChI=1S/C24H29Cl2N3O7/c1-12(2)23(31)35-11-34-21-18(33-6)7-8-27-20(21)22(30)29-14(4)24(32)36-15(5)13(3)19-17(26)9-16(25)10-28-19/h7-10,12-15H,11H2,1-6H3,(H,29,30)/t13?,14?,15-/m0/s1. The number of halogens is 2. The number of hydrogen-bond acceptors (Lipinski definition) is 9. The maximum atomic E-state index is 12.9. The molecule has 2 unspecified atom stereocenters. The summed E-state index contributed by atoms with van der Waals surface area (Å²) in [6, 6.07) is 2.01. The molecule has 1 N–H and O–H groups in total. The summed E-state index contributed by atoms with van der Waals surface area (Å²) in [6.07, 6.45) is 2.20. The van der Waals surface area contributed by atoms with Gasteiger partial charge in [-0.3, -0.25) is 14.6 Å². The summed E-state index contributed by atoms with van der Waals surface area (Å²) in [4.78, 5) is 45.5. The lowest BCUT2D eigenvalue weighted by Crippen LogP contribution is -2.41. The maximum absolute atomic E-state index is 12.9. The van der Waals surface area contributed by atoms with Crippen molar-refractivity contribution in [1.29, 1.82) is 0 Å². The van der Waals surface area contributed by atoms with E-state index in [-0.39, 0.29) is 29.0 Å². The van der Waals surface area contributed by atoms with Crippen LogP contribution in [-0.2, 0) is 19.1 Å². The highest BCUT2D eigenvalue weighted by Crippen LogP contribution is 2.30. The molecule has 0 spiro atoms. The van der Waals surface area contributed by atoms with Gasteiger partial charge in [-0.1, -0.05) is 44.0 Å². The molecule has 0 radical (unpaired) electrons. The summed E-state index contributed by atoms with van der Waals surface area (Å²) in [6.45, 7) is 7.86. The maximum Gasteiger partial charge on any atom is 0.328 e. The largest absolute Gasteiger partial charge is 0.493 e. The smallest absolute Gasteiger partial charge is 0.328 e. The Labute approximate surface area is 219 Å². The van der Waals surface area contributed by atoms with Crippen LogP contribution in [-0.4, -0.2) is 53.9 Å². The van der Waals surface area contributed by atoms with Crippen LogP contribution in [0.3, 0.4) is 0 Å². The zero-order chi connectivity index (χ0) is 27.0. The molecule has 2 rings (SSSR count). The zero-order valence-electron chi connectivity index (χ0n) is 20.8. The molecule has 196 valence electrons. The minimum Gasteiger partial charge on any atom is -0.493 e. The molecule has 0 saturated carbocycles. The first-order chi connectivity index (χ1) is 17.0. The van der Waals surface area contributed by atoms with E-state index in [9.17, 15) is 14.4 Å². The number of ether oxygens (including phenoxy) is 4. The first-order valence-corrected chi connectivity index (χ1v) is 11.9. The van der Waals surface area contributed by atoms with Gasteiger partial charge in [0.1, 0.15) is 12.1 Å². The lowest BCUT2D eigenvalue weighted by atomic mass is 10.0. The summed E-state index contributed by atoms with van der Waals surface area (Å²) in [7, 11) is 1.38. The number of aromatic nitrogens is 2. The van der Waals surface area contributed by atoms with Gasteiger partial charge in [-0.25, -0.2) is 9.78 Å². The van der Waals surface area contributed by atoms with Crippen molar-refractivity contribution in [3.05, 3.63) is 46.0 Å². The summed E-state index contributed by atoms with van der Waals surface area (Å²) < 4.78 is 21.2. The Bertz CT molecular complexity index is 1100. The molecular weight excluding hydrogens is 513 g/mol. The van der Waals surface area contributed by atoms with E-state index in [0.29, 0.717) is 15.7 Å². The van der Waals surface area contributed by atoms with E-state index in [0.717, 1.165) is 0 Å². The molecule has 0 fully saturated rings. The quantitative estimate of drug-likeness (QED) is 0.329. The van der Waals surface area contributed by atoms with Gasteiger partial charge in [0.2, 0.25) is 6.79 Å².